The molecule has 1 saturated heterocycles. The molecule has 2 rings (SSSR count). The Kier molecular flexibility index (Phi) is 6.05. The molecule has 1 aromatic rings. The Hall–Kier alpha value is -1.08. The summed E-state index contributed by atoms with van der Waals surface area (Å²) in [6, 6.07) is 3.41. The number of morpholine rings is 1. The van der Waals surface area contributed by atoms with Gasteiger partial charge in [0.15, 0.2) is 0 Å². The van der Waals surface area contributed by atoms with E-state index in [0.29, 0.717) is 18.6 Å². The first-order chi connectivity index (χ1) is 10.1. The van der Waals surface area contributed by atoms with Crippen LogP contribution in [0.4, 0.5) is 8.78 Å². The summed E-state index contributed by atoms with van der Waals surface area (Å²) in [7, 11) is 0. The molecule has 0 amide bonds. The van der Waals surface area contributed by atoms with Gasteiger partial charge in [0.25, 0.3) is 0 Å². The van der Waals surface area contributed by atoms with E-state index >= 15 is 0 Å². The largest absolute Gasteiger partial charge is 0.374 e. The lowest BCUT2D eigenvalue weighted by molar-refractivity contribution is -0.0463. The van der Waals surface area contributed by atoms with Crippen LogP contribution >= 0.6 is 0 Å². The molecular weight excluding hydrogens is 276 g/mol. The second kappa shape index (κ2) is 7.79. The number of hydrogen-bond donors (Lipinski definition) is 2. The standard InChI is InChI=1S/C15H23F2N3O/c1-2-5-20-6-7-21-15(10-20)14(19-18)8-11-3-4-12(16)9-13(11)17/h3-4,9,14-15,19H,2,5-8,10,18H2,1H3. The summed E-state index contributed by atoms with van der Waals surface area (Å²) in [5.41, 5.74) is 3.15. The summed E-state index contributed by atoms with van der Waals surface area (Å²) in [4.78, 5) is 2.32. The van der Waals surface area contributed by atoms with Crippen LogP contribution in [0.25, 0.3) is 0 Å². The fourth-order valence-corrected chi connectivity index (χ4v) is 2.72. The lowest BCUT2D eigenvalue weighted by Gasteiger charge is -2.36. The van der Waals surface area contributed by atoms with Gasteiger partial charge in [0.2, 0.25) is 0 Å². The van der Waals surface area contributed by atoms with Crippen LogP contribution in [0.15, 0.2) is 18.2 Å². The van der Waals surface area contributed by atoms with E-state index in [1.54, 1.807) is 0 Å². The highest BCUT2D eigenvalue weighted by Crippen LogP contribution is 2.16. The number of rotatable bonds is 6. The Morgan fingerprint density at radius 3 is 2.95 bits per heavy atom. The molecule has 1 aliphatic heterocycles. The van der Waals surface area contributed by atoms with Crippen LogP contribution < -0.4 is 11.3 Å². The number of nitrogens with one attached hydrogen (secondary N) is 1. The van der Waals surface area contributed by atoms with Crippen molar-refractivity contribution >= 4 is 0 Å². The van der Waals surface area contributed by atoms with Crippen LogP contribution in [0, 0.1) is 11.6 Å². The van der Waals surface area contributed by atoms with Crippen LogP contribution in [0.2, 0.25) is 0 Å². The van der Waals surface area contributed by atoms with Gasteiger partial charge < -0.3 is 4.74 Å². The van der Waals surface area contributed by atoms with E-state index in [9.17, 15) is 8.78 Å². The van der Waals surface area contributed by atoms with E-state index in [4.69, 9.17) is 10.6 Å². The minimum atomic E-state index is -0.573. The van der Waals surface area contributed by atoms with Crippen molar-refractivity contribution in [3.63, 3.8) is 0 Å². The molecule has 2 unspecified atom stereocenters. The fraction of sp³-hybridized carbons (Fsp3) is 0.600. The predicted molar refractivity (Wildman–Crippen MR) is 77.6 cm³/mol. The molecule has 21 heavy (non-hydrogen) atoms. The van der Waals surface area contributed by atoms with Crippen LogP contribution in [-0.2, 0) is 11.2 Å². The summed E-state index contributed by atoms with van der Waals surface area (Å²) in [6.45, 7) is 5.48. The van der Waals surface area contributed by atoms with Crippen LogP contribution in [0.5, 0.6) is 0 Å². The first-order valence-electron chi connectivity index (χ1n) is 7.38. The summed E-state index contributed by atoms with van der Waals surface area (Å²) in [5, 5.41) is 0. The van der Waals surface area contributed by atoms with Crippen molar-refractivity contribution in [2.45, 2.75) is 31.9 Å². The van der Waals surface area contributed by atoms with Gasteiger partial charge in [-0.2, -0.15) is 0 Å². The molecule has 0 radical (unpaired) electrons. The van der Waals surface area contributed by atoms with E-state index in [0.717, 1.165) is 32.1 Å². The Bertz CT molecular complexity index is 457. The molecule has 2 atom stereocenters. The molecule has 1 aromatic carbocycles. The molecule has 1 heterocycles. The zero-order valence-electron chi connectivity index (χ0n) is 12.3. The molecule has 4 nitrogen and oxygen atoms in total. The minimum absolute atomic E-state index is 0.0975. The van der Waals surface area contributed by atoms with Gasteiger partial charge in [0.1, 0.15) is 11.6 Å². The van der Waals surface area contributed by atoms with Gasteiger partial charge in [0, 0.05) is 19.2 Å². The van der Waals surface area contributed by atoms with E-state index in [1.165, 1.54) is 12.1 Å². The SMILES string of the molecule is CCCN1CCOC(C(Cc2ccc(F)cc2F)NN)C1. The smallest absolute Gasteiger partial charge is 0.129 e. The van der Waals surface area contributed by atoms with Crippen molar-refractivity contribution in [3.05, 3.63) is 35.4 Å². The van der Waals surface area contributed by atoms with Gasteiger partial charge in [-0.3, -0.25) is 16.2 Å². The van der Waals surface area contributed by atoms with E-state index in [2.05, 4.69) is 17.2 Å². The number of ether oxygens (including phenoxy) is 1. The third-order valence-electron chi connectivity index (χ3n) is 3.84. The first kappa shape index (κ1) is 16.3. The summed E-state index contributed by atoms with van der Waals surface area (Å²) >= 11 is 0. The number of nitrogens with zero attached hydrogens (tertiary/aromatic N) is 1. The molecule has 6 heteroatoms. The molecule has 0 aliphatic carbocycles. The molecule has 1 aliphatic rings. The topological polar surface area (TPSA) is 50.5 Å². The van der Waals surface area contributed by atoms with E-state index < -0.39 is 11.6 Å². The first-order valence-corrected chi connectivity index (χ1v) is 7.38. The third kappa shape index (κ3) is 4.44. The second-order valence-corrected chi connectivity index (χ2v) is 5.42. The molecular formula is C15H23F2N3O. The maximum Gasteiger partial charge on any atom is 0.129 e. The van der Waals surface area contributed by atoms with Crippen LogP contribution in [0.1, 0.15) is 18.9 Å². The highest BCUT2D eigenvalue weighted by molar-refractivity contribution is 5.20. The Balaban J connectivity index is 2.01. The molecule has 0 saturated carbocycles. The number of benzene rings is 1. The molecule has 3 N–H and O–H groups in total. The Labute approximate surface area is 124 Å². The lowest BCUT2D eigenvalue weighted by Crippen LogP contribution is -2.55. The molecule has 1 fully saturated rings. The Morgan fingerprint density at radius 2 is 2.29 bits per heavy atom. The summed E-state index contributed by atoms with van der Waals surface area (Å²) in [6.07, 6.45) is 1.35. The Morgan fingerprint density at radius 1 is 1.48 bits per heavy atom. The maximum absolute atomic E-state index is 13.8. The van der Waals surface area contributed by atoms with Gasteiger partial charge in [-0.25, -0.2) is 8.78 Å². The summed E-state index contributed by atoms with van der Waals surface area (Å²) in [5.74, 6) is 4.49. The minimum Gasteiger partial charge on any atom is -0.374 e. The monoisotopic (exact) mass is 299 g/mol. The van der Waals surface area contributed by atoms with Gasteiger partial charge in [-0.1, -0.05) is 13.0 Å². The van der Waals surface area contributed by atoms with Gasteiger partial charge in [-0.05, 0) is 31.0 Å². The molecule has 118 valence electrons. The molecule has 0 bridgehead atoms. The lowest BCUT2D eigenvalue weighted by atomic mass is 10.00. The highest BCUT2D eigenvalue weighted by Gasteiger charge is 2.28. The van der Waals surface area contributed by atoms with Crippen molar-refractivity contribution in [1.29, 1.82) is 0 Å². The van der Waals surface area contributed by atoms with Crippen molar-refractivity contribution in [1.82, 2.24) is 10.3 Å². The third-order valence-corrected chi connectivity index (χ3v) is 3.84. The number of nitrogens with two attached hydrogens (primary N) is 1. The zero-order chi connectivity index (χ0) is 15.2. The molecule has 0 aromatic heterocycles. The number of hydrazine groups is 1. The van der Waals surface area contributed by atoms with Crippen molar-refractivity contribution < 1.29 is 13.5 Å². The van der Waals surface area contributed by atoms with Crippen molar-refractivity contribution in [3.8, 4) is 0 Å². The van der Waals surface area contributed by atoms with Crippen molar-refractivity contribution in [2.75, 3.05) is 26.2 Å². The average molecular weight is 299 g/mol. The predicted octanol–water partition coefficient (Wildman–Crippen LogP) is 1.45. The highest BCUT2D eigenvalue weighted by atomic mass is 19.1. The maximum atomic E-state index is 13.8. The van der Waals surface area contributed by atoms with Crippen LogP contribution in [0.3, 0.4) is 0 Å². The quantitative estimate of drug-likeness (QED) is 0.617. The number of halogens is 2. The van der Waals surface area contributed by atoms with Crippen LogP contribution in [-0.4, -0.2) is 43.3 Å². The second-order valence-electron chi connectivity index (χ2n) is 5.42. The number of hydrogen-bond acceptors (Lipinski definition) is 4. The average Bonchev–Trinajstić information content (AvgIpc) is 2.47. The fourth-order valence-electron chi connectivity index (χ4n) is 2.72. The van der Waals surface area contributed by atoms with Gasteiger partial charge in [0.05, 0.1) is 18.8 Å². The summed E-state index contributed by atoms with van der Waals surface area (Å²) < 4.78 is 32.5. The van der Waals surface area contributed by atoms with E-state index in [-0.39, 0.29) is 12.1 Å². The molecule has 0 spiro atoms. The zero-order valence-corrected chi connectivity index (χ0v) is 12.3. The van der Waals surface area contributed by atoms with Gasteiger partial charge >= 0.3 is 0 Å². The van der Waals surface area contributed by atoms with Gasteiger partial charge in [-0.15, -0.1) is 0 Å². The normalized spacial score (nSPS) is 21.4. The van der Waals surface area contributed by atoms with Crippen molar-refractivity contribution in [2.24, 2.45) is 5.84 Å². The van der Waals surface area contributed by atoms with E-state index in [1.807, 2.05) is 0 Å².